The lowest BCUT2D eigenvalue weighted by atomic mass is 10.00. The molecule has 4 amide bonds. The lowest BCUT2D eigenvalue weighted by molar-refractivity contribution is -0.128. The van der Waals surface area contributed by atoms with Gasteiger partial charge in [-0.2, -0.15) is 4.31 Å². The standard InChI is InChI=1S/C17H18N4O5S/c22-14-2-1-10-5-13(6-11-3-4-20(14)16(10)11)27(25,26)19-8-12(9-19)21-15(23)7-18-17(21)24/h5-6,12H,1-4,7-9H2,(H,18,24). The Bertz CT molecular complexity index is 983. The minimum absolute atomic E-state index is 0.0362. The van der Waals surface area contributed by atoms with Crippen molar-refractivity contribution in [2.75, 3.05) is 31.1 Å². The van der Waals surface area contributed by atoms with Crippen LogP contribution in [0.5, 0.6) is 0 Å². The Morgan fingerprint density at radius 1 is 0.963 bits per heavy atom. The van der Waals surface area contributed by atoms with Crippen LogP contribution in [0.25, 0.3) is 0 Å². The van der Waals surface area contributed by atoms with Crippen LogP contribution < -0.4 is 10.2 Å². The fourth-order valence-corrected chi connectivity index (χ4v) is 5.92. The quantitative estimate of drug-likeness (QED) is 0.697. The molecule has 0 aromatic heterocycles. The van der Waals surface area contributed by atoms with E-state index in [0.717, 1.165) is 21.7 Å². The molecular formula is C17H18N4O5S. The number of anilines is 1. The summed E-state index contributed by atoms with van der Waals surface area (Å²) in [5, 5.41) is 2.45. The molecule has 142 valence electrons. The van der Waals surface area contributed by atoms with E-state index < -0.39 is 22.1 Å². The van der Waals surface area contributed by atoms with E-state index >= 15 is 0 Å². The summed E-state index contributed by atoms with van der Waals surface area (Å²) in [6, 6.07) is 2.44. The van der Waals surface area contributed by atoms with Crippen molar-refractivity contribution in [1.29, 1.82) is 0 Å². The van der Waals surface area contributed by atoms with E-state index in [-0.39, 0.29) is 36.3 Å². The second-order valence-corrected chi connectivity index (χ2v) is 9.22. The number of carbonyl (C=O) groups excluding carboxylic acids is 3. The minimum atomic E-state index is -3.70. The largest absolute Gasteiger partial charge is 0.329 e. The van der Waals surface area contributed by atoms with E-state index in [9.17, 15) is 22.8 Å². The van der Waals surface area contributed by atoms with Crippen molar-refractivity contribution in [3.05, 3.63) is 23.3 Å². The predicted molar refractivity (Wildman–Crippen MR) is 93.6 cm³/mol. The lowest BCUT2D eigenvalue weighted by Crippen LogP contribution is -2.62. The summed E-state index contributed by atoms with van der Waals surface area (Å²) in [7, 11) is -3.70. The summed E-state index contributed by atoms with van der Waals surface area (Å²) < 4.78 is 27.3. The molecule has 1 N–H and O–H groups in total. The highest BCUT2D eigenvalue weighted by atomic mass is 32.2. The molecule has 0 saturated carbocycles. The van der Waals surface area contributed by atoms with Gasteiger partial charge in [0.1, 0.15) is 0 Å². The van der Waals surface area contributed by atoms with Gasteiger partial charge >= 0.3 is 6.03 Å². The number of hydrogen-bond acceptors (Lipinski definition) is 5. The maximum absolute atomic E-state index is 13.0. The van der Waals surface area contributed by atoms with Gasteiger partial charge in [-0.25, -0.2) is 13.2 Å². The third-order valence-electron chi connectivity index (χ3n) is 5.74. The average Bonchev–Trinajstić information content (AvgIpc) is 3.16. The zero-order valence-electron chi connectivity index (χ0n) is 14.5. The molecule has 5 rings (SSSR count). The summed E-state index contributed by atoms with van der Waals surface area (Å²) in [5.41, 5.74) is 2.67. The number of urea groups is 1. The highest BCUT2D eigenvalue weighted by Crippen LogP contribution is 2.39. The zero-order valence-corrected chi connectivity index (χ0v) is 15.3. The van der Waals surface area contributed by atoms with Gasteiger partial charge in [-0.3, -0.25) is 14.5 Å². The molecule has 4 heterocycles. The number of benzene rings is 1. The second kappa shape index (κ2) is 5.52. The van der Waals surface area contributed by atoms with Crippen LogP contribution in [-0.4, -0.2) is 67.7 Å². The van der Waals surface area contributed by atoms with E-state index in [4.69, 9.17) is 0 Å². The Hall–Kier alpha value is -2.46. The molecule has 1 aromatic carbocycles. The number of carbonyl (C=O) groups is 3. The zero-order chi connectivity index (χ0) is 18.9. The SMILES string of the molecule is O=C1CCc2cc(S(=O)(=O)N3CC(N4C(=O)CNC4=O)C3)cc3c2N1CC3. The van der Waals surface area contributed by atoms with Gasteiger partial charge in [0, 0.05) is 26.1 Å². The lowest BCUT2D eigenvalue weighted by Gasteiger charge is -2.41. The minimum Gasteiger partial charge on any atom is -0.329 e. The molecular weight excluding hydrogens is 372 g/mol. The van der Waals surface area contributed by atoms with Crippen molar-refractivity contribution < 1.29 is 22.8 Å². The highest BCUT2D eigenvalue weighted by Gasteiger charge is 2.46. The van der Waals surface area contributed by atoms with E-state index in [0.29, 0.717) is 25.8 Å². The van der Waals surface area contributed by atoms with Crippen LogP contribution in [0.15, 0.2) is 17.0 Å². The number of imide groups is 1. The summed E-state index contributed by atoms with van der Waals surface area (Å²) in [6.45, 7) is 0.783. The maximum atomic E-state index is 13.0. The molecule has 4 aliphatic rings. The van der Waals surface area contributed by atoms with Crippen LogP contribution in [0, 0.1) is 0 Å². The Balaban J connectivity index is 1.40. The number of sulfonamides is 1. The van der Waals surface area contributed by atoms with Crippen molar-refractivity contribution >= 4 is 33.6 Å². The van der Waals surface area contributed by atoms with Gasteiger partial charge in [0.05, 0.1) is 23.2 Å². The molecule has 2 saturated heterocycles. The molecule has 0 bridgehead atoms. The number of nitrogens with one attached hydrogen (secondary N) is 1. The third kappa shape index (κ3) is 2.32. The van der Waals surface area contributed by atoms with Crippen LogP contribution in [0.1, 0.15) is 17.5 Å². The number of hydrogen-bond donors (Lipinski definition) is 1. The van der Waals surface area contributed by atoms with Gasteiger partial charge < -0.3 is 10.2 Å². The normalized spacial score (nSPS) is 22.9. The molecule has 0 aliphatic carbocycles. The van der Waals surface area contributed by atoms with Gasteiger partial charge in [-0.1, -0.05) is 0 Å². The van der Waals surface area contributed by atoms with Crippen molar-refractivity contribution in [1.82, 2.24) is 14.5 Å². The predicted octanol–water partition coefficient (Wildman–Crippen LogP) is -0.553. The van der Waals surface area contributed by atoms with Crippen molar-refractivity contribution in [3.63, 3.8) is 0 Å². The van der Waals surface area contributed by atoms with Gasteiger partial charge in [-0.05, 0) is 36.1 Å². The monoisotopic (exact) mass is 390 g/mol. The van der Waals surface area contributed by atoms with Crippen molar-refractivity contribution in [2.24, 2.45) is 0 Å². The fraction of sp³-hybridized carbons (Fsp3) is 0.471. The molecule has 0 spiro atoms. The van der Waals surface area contributed by atoms with Crippen LogP contribution in [0.3, 0.4) is 0 Å². The molecule has 2 fully saturated rings. The van der Waals surface area contributed by atoms with Gasteiger partial charge in [0.15, 0.2) is 0 Å². The Kier molecular flexibility index (Phi) is 3.41. The van der Waals surface area contributed by atoms with Gasteiger partial charge in [0.2, 0.25) is 21.8 Å². The summed E-state index contributed by atoms with van der Waals surface area (Å²) in [6.07, 6.45) is 1.60. The first-order valence-electron chi connectivity index (χ1n) is 8.92. The van der Waals surface area contributed by atoms with Crippen molar-refractivity contribution in [3.8, 4) is 0 Å². The van der Waals surface area contributed by atoms with Crippen LogP contribution in [-0.2, 0) is 32.5 Å². The van der Waals surface area contributed by atoms with E-state index in [1.165, 1.54) is 4.31 Å². The Labute approximate surface area is 155 Å². The average molecular weight is 390 g/mol. The number of aryl methyl sites for hydroxylation is 1. The molecule has 27 heavy (non-hydrogen) atoms. The molecule has 9 nitrogen and oxygen atoms in total. The van der Waals surface area contributed by atoms with Crippen molar-refractivity contribution in [2.45, 2.75) is 30.2 Å². The Morgan fingerprint density at radius 2 is 1.67 bits per heavy atom. The van der Waals surface area contributed by atoms with Crippen LogP contribution >= 0.6 is 0 Å². The smallest absolute Gasteiger partial charge is 0.324 e. The van der Waals surface area contributed by atoms with Gasteiger partial charge in [-0.15, -0.1) is 0 Å². The molecule has 0 radical (unpaired) electrons. The first-order valence-corrected chi connectivity index (χ1v) is 10.4. The fourth-order valence-electron chi connectivity index (χ4n) is 4.30. The first kappa shape index (κ1) is 16.7. The number of rotatable bonds is 3. The van der Waals surface area contributed by atoms with E-state index in [2.05, 4.69) is 5.32 Å². The Morgan fingerprint density at radius 3 is 2.33 bits per heavy atom. The highest BCUT2D eigenvalue weighted by molar-refractivity contribution is 7.89. The molecule has 0 unspecified atom stereocenters. The topological polar surface area (TPSA) is 107 Å². The van der Waals surface area contributed by atoms with Crippen LogP contribution in [0.4, 0.5) is 10.5 Å². The summed E-state index contributed by atoms with van der Waals surface area (Å²) in [4.78, 5) is 38.6. The second-order valence-electron chi connectivity index (χ2n) is 7.28. The van der Waals surface area contributed by atoms with E-state index in [1.807, 2.05) is 0 Å². The number of nitrogens with zero attached hydrogens (tertiary/aromatic N) is 3. The van der Waals surface area contributed by atoms with Crippen LogP contribution in [0.2, 0.25) is 0 Å². The summed E-state index contributed by atoms with van der Waals surface area (Å²) >= 11 is 0. The maximum Gasteiger partial charge on any atom is 0.324 e. The molecule has 1 aromatic rings. The summed E-state index contributed by atoms with van der Waals surface area (Å²) in [5.74, 6) is -0.232. The van der Waals surface area contributed by atoms with E-state index in [1.54, 1.807) is 17.0 Å². The molecule has 10 heteroatoms. The van der Waals surface area contributed by atoms with Gasteiger partial charge in [0.25, 0.3) is 0 Å². The first-order chi connectivity index (χ1) is 12.9. The molecule has 4 aliphatic heterocycles. The third-order valence-corrected chi connectivity index (χ3v) is 7.54. The molecule has 0 atom stereocenters. The number of amides is 4.